The van der Waals surface area contributed by atoms with Gasteiger partial charge in [-0.25, -0.2) is 39.9 Å². The molecule has 6 N–H and O–H groups in total. The first-order valence-electron chi connectivity index (χ1n) is 16.5. The molecule has 0 unspecified atom stereocenters. The average molecular weight is 905 g/mol. The standard InChI is InChI=1S/C17H11F6N7O.C13H7F6N3O2.C4H6N4/c18-16(19,20)11-5-10(6-12(7-11)17(21,22)23)15-26-9-30(29-15)4-1-14(31)28-27-13-8-24-2-3-25-13;14-12(15,16)8-3-7(4-9(5-8)13(17,18)19)11-20-6-22(21-11)2-1-10(23)24;5-8-4-3-6-1-2-7-4/h1-9H,(H,25,27)(H,28,31);1-6H,(H,23,24);1-3H,5H2,(H,7,8)/b4-1+;2-1+;. The summed E-state index contributed by atoms with van der Waals surface area (Å²) in [5, 5.41) is 15.9. The van der Waals surface area contributed by atoms with Crippen LogP contribution in [0, 0.1) is 0 Å². The van der Waals surface area contributed by atoms with Crippen molar-refractivity contribution < 1.29 is 67.4 Å². The third-order valence-electron chi connectivity index (χ3n) is 7.05. The van der Waals surface area contributed by atoms with Crippen LogP contribution in [-0.2, 0) is 34.3 Å². The van der Waals surface area contributed by atoms with Crippen LogP contribution in [0.4, 0.5) is 64.3 Å². The maximum absolute atomic E-state index is 13.0. The van der Waals surface area contributed by atoms with Crippen molar-refractivity contribution in [3.05, 3.63) is 121 Å². The van der Waals surface area contributed by atoms with Crippen LogP contribution in [0.15, 0.2) is 98.4 Å². The Hall–Kier alpha value is -7.98. The fourth-order valence-electron chi connectivity index (χ4n) is 4.31. The smallest absolute Gasteiger partial charge is 0.416 e. The maximum atomic E-state index is 13.0. The van der Waals surface area contributed by atoms with Gasteiger partial charge in [-0.15, -0.1) is 10.2 Å². The molecule has 4 heterocycles. The number of nitrogens with one attached hydrogen (secondary N) is 3. The zero-order chi connectivity index (χ0) is 46.6. The number of aromatic nitrogens is 10. The lowest BCUT2D eigenvalue weighted by Crippen LogP contribution is -2.28. The van der Waals surface area contributed by atoms with Crippen molar-refractivity contribution in [3.63, 3.8) is 0 Å². The molecule has 17 nitrogen and oxygen atoms in total. The second-order valence-corrected chi connectivity index (χ2v) is 11.6. The SMILES string of the molecule is NNc1cnccn1.O=C(/C=C/n1cnc(-c2cc(C(F)(F)F)cc(C(F)(F)F)c2)n1)NNc1cnccn1.O=C(O)/C=C/n1cnc(-c2cc(C(F)(F)F)cc(C(F)(F)F)c2)n1. The van der Waals surface area contributed by atoms with Gasteiger partial charge in [0, 0.05) is 60.5 Å². The van der Waals surface area contributed by atoms with Crippen molar-refractivity contribution in [1.82, 2.24) is 54.9 Å². The number of halogens is 12. The molecule has 2 aromatic carbocycles. The van der Waals surface area contributed by atoms with Gasteiger partial charge in [0.05, 0.1) is 34.6 Å². The van der Waals surface area contributed by atoms with E-state index < -0.39 is 75.8 Å². The first-order valence-corrected chi connectivity index (χ1v) is 16.5. The van der Waals surface area contributed by atoms with Gasteiger partial charge in [-0.2, -0.15) is 52.7 Å². The fourth-order valence-corrected chi connectivity index (χ4v) is 4.31. The van der Waals surface area contributed by atoms with E-state index >= 15 is 0 Å². The lowest BCUT2D eigenvalue weighted by Gasteiger charge is -2.13. The molecule has 0 aliphatic rings. The second kappa shape index (κ2) is 20.1. The monoisotopic (exact) mass is 904 g/mol. The summed E-state index contributed by atoms with van der Waals surface area (Å²) < 4.78 is 156. The molecule has 0 saturated heterocycles. The third-order valence-corrected chi connectivity index (χ3v) is 7.05. The van der Waals surface area contributed by atoms with E-state index in [9.17, 15) is 62.3 Å². The van der Waals surface area contributed by atoms with Gasteiger partial charge in [-0.1, -0.05) is 0 Å². The number of hydrogen-bond acceptors (Lipinski definition) is 13. The maximum Gasteiger partial charge on any atom is 0.416 e. The van der Waals surface area contributed by atoms with Gasteiger partial charge in [-0.3, -0.25) is 25.6 Å². The van der Waals surface area contributed by atoms with Crippen molar-refractivity contribution >= 4 is 35.9 Å². The number of carboxylic acid groups (broad SMARTS) is 1. The molecule has 63 heavy (non-hydrogen) atoms. The normalized spacial score (nSPS) is 12.0. The molecule has 0 radical (unpaired) electrons. The second-order valence-electron chi connectivity index (χ2n) is 11.6. The van der Waals surface area contributed by atoms with Crippen molar-refractivity contribution in [2.45, 2.75) is 24.7 Å². The number of nitrogens with two attached hydrogens (primary N) is 1. The molecule has 0 aliphatic carbocycles. The molecule has 1 amide bonds. The van der Waals surface area contributed by atoms with E-state index in [0.717, 1.165) is 40.5 Å². The molecule has 0 atom stereocenters. The predicted molar refractivity (Wildman–Crippen MR) is 193 cm³/mol. The van der Waals surface area contributed by atoms with Crippen molar-refractivity contribution in [2.75, 3.05) is 10.9 Å². The number of anilines is 2. The minimum Gasteiger partial charge on any atom is -0.478 e. The van der Waals surface area contributed by atoms with Crippen molar-refractivity contribution in [1.29, 1.82) is 0 Å². The number of hydrazine groups is 2. The number of amides is 1. The largest absolute Gasteiger partial charge is 0.478 e. The molecule has 0 aliphatic heterocycles. The molecule has 0 saturated carbocycles. The Bertz CT molecular complexity index is 2460. The topological polar surface area (TPSA) is 229 Å². The highest BCUT2D eigenvalue weighted by Crippen LogP contribution is 2.39. The average Bonchev–Trinajstić information content (AvgIpc) is 3.92. The molecule has 0 bridgehead atoms. The van der Waals surface area contributed by atoms with Crippen LogP contribution in [0.25, 0.3) is 35.2 Å². The van der Waals surface area contributed by atoms with Gasteiger partial charge in [0.15, 0.2) is 23.3 Å². The zero-order valence-corrected chi connectivity index (χ0v) is 30.7. The van der Waals surface area contributed by atoms with Crippen LogP contribution < -0.4 is 22.1 Å². The number of hydrogen-bond donors (Lipinski definition) is 5. The molecule has 6 aromatic rings. The third kappa shape index (κ3) is 14.9. The number of carboxylic acids is 1. The zero-order valence-electron chi connectivity index (χ0n) is 30.7. The summed E-state index contributed by atoms with van der Waals surface area (Å²) in [4.78, 5) is 44.6. The quantitative estimate of drug-likeness (QED) is 0.0441. The first-order chi connectivity index (χ1) is 29.4. The Balaban J connectivity index is 0.000000240. The molecule has 332 valence electrons. The molecule has 0 fully saturated rings. The Kier molecular flexibility index (Phi) is 15.2. The van der Waals surface area contributed by atoms with E-state index in [2.05, 4.69) is 56.4 Å². The van der Waals surface area contributed by atoms with Crippen molar-refractivity contribution in [3.8, 4) is 22.8 Å². The van der Waals surface area contributed by atoms with Crippen LogP contribution in [-0.4, -0.2) is 66.4 Å². The van der Waals surface area contributed by atoms with E-state index in [4.69, 9.17) is 10.9 Å². The van der Waals surface area contributed by atoms with Gasteiger partial charge in [0.25, 0.3) is 5.91 Å². The summed E-state index contributed by atoms with van der Waals surface area (Å²) in [6, 6.07) is 1.98. The Morgan fingerprint density at radius 2 is 0.968 bits per heavy atom. The van der Waals surface area contributed by atoms with Gasteiger partial charge in [0.1, 0.15) is 12.7 Å². The Labute approximate surface area is 343 Å². The van der Waals surface area contributed by atoms with Crippen molar-refractivity contribution in [2.24, 2.45) is 5.84 Å². The van der Waals surface area contributed by atoms with E-state index in [1.807, 2.05) is 0 Å². The van der Waals surface area contributed by atoms with Crippen LogP contribution in [0.3, 0.4) is 0 Å². The number of nitrogen functional groups attached to an aromatic ring is 1. The summed E-state index contributed by atoms with van der Waals surface area (Å²) in [5.41, 5.74) is 0.140. The number of alkyl halides is 12. The molecule has 29 heteroatoms. The highest BCUT2D eigenvalue weighted by atomic mass is 19.4. The number of nitrogens with zero attached hydrogens (tertiary/aromatic N) is 10. The van der Waals surface area contributed by atoms with E-state index in [0.29, 0.717) is 36.2 Å². The van der Waals surface area contributed by atoms with Crippen LogP contribution >= 0.6 is 0 Å². The van der Waals surface area contributed by atoms with Gasteiger partial charge in [0.2, 0.25) is 0 Å². The molecule has 0 spiro atoms. The highest BCUT2D eigenvalue weighted by Gasteiger charge is 2.38. The minimum absolute atomic E-state index is 0.00878. The van der Waals surface area contributed by atoms with Gasteiger partial charge < -0.3 is 10.5 Å². The van der Waals surface area contributed by atoms with E-state index in [1.165, 1.54) is 18.6 Å². The van der Waals surface area contributed by atoms with E-state index in [-0.39, 0.29) is 23.8 Å². The van der Waals surface area contributed by atoms with Crippen LogP contribution in [0.5, 0.6) is 0 Å². The number of carbonyl (C=O) groups excluding carboxylic acids is 1. The summed E-state index contributed by atoms with van der Waals surface area (Å²) in [6.07, 6.45) is -5.45. The van der Waals surface area contributed by atoms with Gasteiger partial charge in [-0.05, 0) is 36.4 Å². The number of aliphatic carboxylic acids is 1. The lowest BCUT2D eigenvalue weighted by atomic mass is 10.0. The number of benzene rings is 2. The van der Waals surface area contributed by atoms with Crippen LogP contribution in [0.1, 0.15) is 22.3 Å². The Morgan fingerprint density at radius 3 is 1.30 bits per heavy atom. The fraction of sp³-hybridized carbons (Fsp3) is 0.118. The molecular weight excluding hydrogens is 880 g/mol. The van der Waals surface area contributed by atoms with Crippen LogP contribution in [0.2, 0.25) is 0 Å². The summed E-state index contributed by atoms with van der Waals surface area (Å²) in [7, 11) is 0. The van der Waals surface area contributed by atoms with Gasteiger partial charge >= 0.3 is 30.7 Å². The summed E-state index contributed by atoms with van der Waals surface area (Å²) >= 11 is 0. The molecule has 6 rings (SSSR count). The van der Waals surface area contributed by atoms with E-state index in [1.54, 1.807) is 18.6 Å². The first kappa shape index (κ1) is 47.7. The highest BCUT2D eigenvalue weighted by molar-refractivity contribution is 5.90. The summed E-state index contributed by atoms with van der Waals surface area (Å²) in [5.74, 6) is 3.06. The predicted octanol–water partition coefficient (Wildman–Crippen LogP) is 6.69. The number of carbonyl (C=O) groups is 2. The molecule has 4 aromatic heterocycles. The molecular formula is C34H24F12N14O3. The number of rotatable bonds is 9. The minimum atomic E-state index is -4.99. The Morgan fingerprint density at radius 1 is 0.571 bits per heavy atom. The lowest BCUT2D eigenvalue weighted by molar-refractivity contribution is -0.144. The summed E-state index contributed by atoms with van der Waals surface area (Å²) in [6.45, 7) is 0.